The van der Waals surface area contributed by atoms with E-state index in [0.717, 1.165) is 11.0 Å². The van der Waals surface area contributed by atoms with Crippen LogP contribution < -0.4 is 10.1 Å². The van der Waals surface area contributed by atoms with Crippen LogP contribution in [0, 0.1) is 10.1 Å². The molecule has 0 atom stereocenters. The van der Waals surface area contributed by atoms with Crippen LogP contribution in [0.2, 0.25) is 0 Å². The highest BCUT2D eigenvalue weighted by Crippen LogP contribution is 2.26. The van der Waals surface area contributed by atoms with Crippen molar-refractivity contribution in [2.75, 3.05) is 0 Å². The molecule has 118 valence electrons. The summed E-state index contributed by atoms with van der Waals surface area (Å²) in [4.78, 5) is 28.3. The predicted molar refractivity (Wildman–Crippen MR) is 96.4 cm³/mol. The number of para-hydroxylation sites is 2. The van der Waals surface area contributed by atoms with Crippen LogP contribution in [0.1, 0.15) is 5.56 Å². The van der Waals surface area contributed by atoms with Gasteiger partial charge in [-0.15, -0.1) is 0 Å². The quantitative estimate of drug-likeness (QED) is 0.381. The Kier molecular flexibility index (Phi) is 3.43. The van der Waals surface area contributed by atoms with Gasteiger partial charge in [0.05, 0.1) is 25.0 Å². The molecule has 0 saturated carbocycles. The summed E-state index contributed by atoms with van der Waals surface area (Å²) in [6.07, 6.45) is 1.65. The highest BCUT2D eigenvalue weighted by atomic mass is 79.9. The zero-order chi connectivity index (χ0) is 16.8. The second kappa shape index (κ2) is 5.50. The third kappa shape index (κ3) is 2.31. The van der Waals surface area contributed by atoms with Gasteiger partial charge in [0.25, 0.3) is 11.2 Å². The number of nitro groups is 1. The molecule has 0 spiro atoms. The second-order valence-corrected chi connectivity index (χ2v) is 6.97. The minimum Gasteiger partial charge on any atom is -0.267 e. The molecule has 0 saturated heterocycles. The number of nitrogens with zero attached hydrogens (tertiary/aromatic N) is 3. The fourth-order valence-corrected chi connectivity index (χ4v) is 3.90. The lowest BCUT2D eigenvalue weighted by atomic mass is 10.2. The Balaban J connectivity index is 1.95. The molecule has 0 aliphatic rings. The molecule has 4 rings (SSSR count). The zero-order valence-corrected chi connectivity index (χ0v) is 14.4. The number of thiazole rings is 1. The summed E-state index contributed by atoms with van der Waals surface area (Å²) in [5.74, 6) is 0. The van der Waals surface area contributed by atoms with E-state index in [0.29, 0.717) is 19.5 Å². The smallest absolute Gasteiger partial charge is 0.267 e. The molecule has 0 bridgehead atoms. The number of nitro benzene ring substituents is 1. The van der Waals surface area contributed by atoms with Gasteiger partial charge in [-0.3, -0.25) is 14.9 Å². The molecular formula is C16H8BrN3O3S. The fraction of sp³-hybridized carbons (Fsp3) is 0. The molecule has 0 N–H and O–H groups in total. The summed E-state index contributed by atoms with van der Waals surface area (Å²) >= 11 is 4.42. The van der Waals surface area contributed by atoms with Crippen molar-refractivity contribution >= 4 is 55.0 Å². The molecule has 24 heavy (non-hydrogen) atoms. The van der Waals surface area contributed by atoms with Crippen molar-refractivity contribution in [2.24, 2.45) is 0 Å². The van der Waals surface area contributed by atoms with E-state index >= 15 is 0 Å². The third-order valence-electron chi connectivity index (χ3n) is 3.61. The Labute approximate surface area is 147 Å². The standard InChI is InChI=1S/C16H8BrN3O3S/c17-10-6-5-9(7-13(10)20(22)23)8-14-15(21)19-12-4-2-1-3-11(12)18-16(19)24-14/h1-8H. The Bertz CT molecular complexity index is 1230. The third-order valence-corrected chi connectivity index (χ3v) is 5.25. The number of halogens is 1. The van der Waals surface area contributed by atoms with Gasteiger partial charge in [-0.1, -0.05) is 29.5 Å². The van der Waals surface area contributed by atoms with Gasteiger partial charge in [-0.05, 0) is 45.8 Å². The first-order valence-corrected chi connectivity index (χ1v) is 8.51. The van der Waals surface area contributed by atoms with Gasteiger partial charge in [0.2, 0.25) is 0 Å². The zero-order valence-electron chi connectivity index (χ0n) is 12.0. The molecular weight excluding hydrogens is 394 g/mol. The molecule has 0 unspecified atom stereocenters. The van der Waals surface area contributed by atoms with Gasteiger partial charge in [0.1, 0.15) is 0 Å². The second-order valence-electron chi connectivity index (χ2n) is 5.10. The molecule has 0 amide bonds. The monoisotopic (exact) mass is 401 g/mol. The Hall–Kier alpha value is -2.58. The number of benzene rings is 2. The first-order valence-electron chi connectivity index (χ1n) is 6.90. The Morgan fingerprint density at radius 2 is 2.04 bits per heavy atom. The molecule has 2 aromatic carbocycles. The molecule has 2 aromatic heterocycles. The lowest BCUT2D eigenvalue weighted by Crippen LogP contribution is -2.22. The summed E-state index contributed by atoms with van der Waals surface area (Å²) in [6.45, 7) is 0. The van der Waals surface area contributed by atoms with Crippen LogP contribution in [0.4, 0.5) is 5.69 Å². The topological polar surface area (TPSA) is 77.5 Å². The number of hydrogen-bond donors (Lipinski definition) is 0. The van der Waals surface area contributed by atoms with Crippen LogP contribution in [0.3, 0.4) is 0 Å². The lowest BCUT2D eigenvalue weighted by molar-refractivity contribution is -0.385. The summed E-state index contributed by atoms with van der Waals surface area (Å²) in [7, 11) is 0. The van der Waals surface area contributed by atoms with E-state index in [2.05, 4.69) is 20.9 Å². The van der Waals surface area contributed by atoms with Gasteiger partial charge in [0.15, 0.2) is 4.96 Å². The van der Waals surface area contributed by atoms with Crippen molar-refractivity contribution in [2.45, 2.75) is 0 Å². The van der Waals surface area contributed by atoms with Crippen LogP contribution in [0.25, 0.3) is 22.1 Å². The number of imidazole rings is 1. The summed E-state index contributed by atoms with van der Waals surface area (Å²) in [5, 5.41) is 11.0. The predicted octanol–water partition coefficient (Wildman–Crippen LogP) is 3.13. The lowest BCUT2D eigenvalue weighted by Gasteiger charge is -1.96. The SMILES string of the molecule is O=c1c(=Cc2ccc(Br)c([N+](=O)[O-])c2)sc2nc3ccccc3n12. The van der Waals surface area contributed by atoms with Gasteiger partial charge >= 0.3 is 0 Å². The number of hydrogen-bond acceptors (Lipinski definition) is 5. The first-order chi connectivity index (χ1) is 11.5. The van der Waals surface area contributed by atoms with E-state index in [1.807, 2.05) is 24.3 Å². The molecule has 2 heterocycles. The van der Waals surface area contributed by atoms with Gasteiger partial charge in [-0.25, -0.2) is 9.38 Å². The molecule has 0 fully saturated rings. The fourth-order valence-electron chi connectivity index (χ4n) is 2.52. The first kappa shape index (κ1) is 15.0. The number of rotatable bonds is 2. The van der Waals surface area contributed by atoms with Crippen molar-refractivity contribution < 1.29 is 4.92 Å². The molecule has 6 nitrogen and oxygen atoms in total. The van der Waals surface area contributed by atoms with Crippen molar-refractivity contribution in [3.8, 4) is 0 Å². The van der Waals surface area contributed by atoms with Crippen molar-refractivity contribution in [1.29, 1.82) is 0 Å². The van der Waals surface area contributed by atoms with Crippen molar-refractivity contribution in [3.63, 3.8) is 0 Å². The van der Waals surface area contributed by atoms with E-state index in [-0.39, 0.29) is 11.2 Å². The molecule has 0 aliphatic carbocycles. The minimum atomic E-state index is -0.464. The normalized spacial score (nSPS) is 12.3. The summed E-state index contributed by atoms with van der Waals surface area (Å²) < 4.78 is 2.46. The van der Waals surface area contributed by atoms with Gasteiger partial charge in [0, 0.05) is 6.07 Å². The summed E-state index contributed by atoms with van der Waals surface area (Å²) in [5.41, 5.74) is 1.91. The van der Waals surface area contributed by atoms with Crippen LogP contribution in [-0.4, -0.2) is 14.3 Å². The maximum atomic E-state index is 12.7. The largest absolute Gasteiger partial charge is 0.284 e. The van der Waals surface area contributed by atoms with Gasteiger partial charge < -0.3 is 0 Å². The molecule has 0 aliphatic heterocycles. The van der Waals surface area contributed by atoms with E-state index in [1.165, 1.54) is 17.4 Å². The highest BCUT2D eigenvalue weighted by Gasteiger charge is 2.13. The van der Waals surface area contributed by atoms with E-state index in [9.17, 15) is 14.9 Å². The highest BCUT2D eigenvalue weighted by molar-refractivity contribution is 9.10. The van der Waals surface area contributed by atoms with E-state index in [1.54, 1.807) is 22.6 Å². The maximum absolute atomic E-state index is 12.7. The number of aromatic nitrogens is 2. The average Bonchev–Trinajstić information content (AvgIpc) is 3.06. The molecule has 8 heteroatoms. The average molecular weight is 402 g/mol. The molecule has 0 radical (unpaired) electrons. The maximum Gasteiger partial charge on any atom is 0.284 e. The van der Waals surface area contributed by atoms with Crippen molar-refractivity contribution in [3.05, 3.63) is 77.5 Å². The summed E-state index contributed by atoms with van der Waals surface area (Å²) in [6, 6.07) is 12.2. The van der Waals surface area contributed by atoms with Crippen LogP contribution >= 0.6 is 27.3 Å². The number of fused-ring (bicyclic) bond motifs is 3. The van der Waals surface area contributed by atoms with Crippen LogP contribution in [0.15, 0.2) is 51.7 Å². The van der Waals surface area contributed by atoms with Crippen LogP contribution in [0.5, 0.6) is 0 Å². The molecule has 4 aromatic rings. The Morgan fingerprint density at radius 1 is 1.25 bits per heavy atom. The Morgan fingerprint density at radius 3 is 2.83 bits per heavy atom. The van der Waals surface area contributed by atoms with Gasteiger partial charge in [-0.2, -0.15) is 0 Å². The van der Waals surface area contributed by atoms with Crippen LogP contribution in [-0.2, 0) is 0 Å². The minimum absolute atomic E-state index is 0.0389. The van der Waals surface area contributed by atoms with Crippen molar-refractivity contribution in [1.82, 2.24) is 9.38 Å². The van der Waals surface area contributed by atoms with E-state index < -0.39 is 4.92 Å². The van der Waals surface area contributed by atoms with E-state index in [4.69, 9.17) is 0 Å².